The van der Waals surface area contributed by atoms with Crippen molar-refractivity contribution in [2.24, 2.45) is 0 Å². The molecule has 1 aliphatic heterocycles. The lowest BCUT2D eigenvalue weighted by Gasteiger charge is -2.24. The first-order valence-corrected chi connectivity index (χ1v) is 7.64. The Morgan fingerprint density at radius 1 is 1.35 bits per heavy atom. The van der Waals surface area contributed by atoms with E-state index in [4.69, 9.17) is 9.47 Å². The Bertz CT molecular complexity index is 413. The van der Waals surface area contributed by atoms with Crippen LogP contribution in [0.5, 0.6) is 0 Å². The quantitative estimate of drug-likeness (QED) is 0.866. The first-order chi connectivity index (χ1) is 9.70. The fraction of sp³-hybridized carbons (Fsp3) is 0.647. The summed E-state index contributed by atoms with van der Waals surface area (Å²) in [7, 11) is 1.99. The van der Waals surface area contributed by atoms with Crippen molar-refractivity contribution in [3.8, 4) is 0 Å². The number of benzene rings is 1. The van der Waals surface area contributed by atoms with Crippen molar-refractivity contribution in [3.63, 3.8) is 0 Å². The smallest absolute Gasteiger partial charge is 0.0808 e. The van der Waals surface area contributed by atoms with Crippen LogP contribution >= 0.6 is 0 Å². The minimum atomic E-state index is 0.249. The van der Waals surface area contributed by atoms with E-state index < -0.39 is 0 Å². The highest BCUT2D eigenvalue weighted by Crippen LogP contribution is 2.20. The molecular formula is C17H27NO2. The highest BCUT2D eigenvalue weighted by Gasteiger charge is 2.16. The van der Waals surface area contributed by atoms with Gasteiger partial charge >= 0.3 is 0 Å². The van der Waals surface area contributed by atoms with Gasteiger partial charge in [-0.2, -0.15) is 0 Å². The molecule has 0 amide bonds. The fourth-order valence-electron chi connectivity index (χ4n) is 2.72. The van der Waals surface area contributed by atoms with E-state index in [2.05, 4.69) is 37.4 Å². The van der Waals surface area contributed by atoms with E-state index >= 15 is 0 Å². The van der Waals surface area contributed by atoms with Crippen LogP contribution < -0.4 is 5.32 Å². The van der Waals surface area contributed by atoms with E-state index in [9.17, 15) is 0 Å². The van der Waals surface area contributed by atoms with Gasteiger partial charge in [-0.1, -0.05) is 23.8 Å². The van der Waals surface area contributed by atoms with Gasteiger partial charge in [0.1, 0.15) is 0 Å². The lowest BCUT2D eigenvalue weighted by Crippen LogP contribution is -2.28. The van der Waals surface area contributed by atoms with Crippen molar-refractivity contribution in [1.29, 1.82) is 0 Å². The Balaban J connectivity index is 1.86. The highest BCUT2D eigenvalue weighted by molar-refractivity contribution is 5.33. The minimum Gasteiger partial charge on any atom is -0.377 e. The third-order valence-corrected chi connectivity index (χ3v) is 4.02. The second kappa shape index (κ2) is 7.77. The summed E-state index contributed by atoms with van der Waals surface area (Å²) in [6.45, 7) is 6.58. The van der Waals surface area contributed by atoms with Crippen molar-refractivity contribution in [2.45, 2.75) is 45.3 Å². The average Bonchev–Trinajstić information content (AvgIpc) is 2.48. The van der Waals surface area contributed by atoms with Crippen LogP contribution in [0.4, 0.5) is 0 Å². The molecule has 0 saturated carbocycles. The Labute approximate surface area is 122 Å². The normalized spacial score (nSPS) is 20.9. The van der Waals surface area contributed by atoms with E-state index in [-0.39, 0.29) is 6.04 Å². The van der Waals surface area contributed by atoms with Gasteiger partial charge in [0.05, 0.1) is 25.4 Å². The molecule has 0 aliphatic carbocycles. The zero-order valence-corrected chi connectivity index (χ0v) is 12.9. The molecule has 1 fully saturated rings. The van der Waals surface area contributed by atoms with Gasteiger partial charge in [-0.15, -0.1) is 0 Å². The highest BCUT2D eigenvalue weighted by atomic mass is 16.5. The van der Waals surface area contributed by atoms with Gasteiger partial charge in [-0.25, -0.2) is 0 Å². The molecule has 1 saturated heterocycles. The molecule has 112 valence electrons. The van der Waals surface area contributed by atoms with Crippen molar-refractivity contribution >= 4 is 0 Å². The fourth-order valence-corrected chi connectivity index (χ4v) is 2.72. The largest absolute Gasteiger partial charge is 0.377 e. The molecule has 0 bridgehead atoms. The molecule has 3 heteroatoms. The molecule has 1 aliphatic rings. The molecule has 2 rings (SSSR count). The van der Waals surface area contributed by atoms with Gasteiger partial charge in [0.2, 0.25) is 0 Å². The molecule has 1 aromatic rings. The lowest BCUT2D eigenvalue weighted by molar-refractivity contribution is -0.0440. The number of hydrogen-bond acceptors (Lipinski definition) is 3. The summed E-state index contributed by atoms with van der Waals surface area (Å²) in [5, 5.41) is 3.36. The summed E-state index contributed by atoms with van der Waals surface area (Å²) in [5.74, 6) is 0. The summed E-state index contributed by atoms with van der Waals surface area (Å²) < 4.78 is 11.6. The first-order valence-electron chi connectivity index (χ1n) is 7.64. The third kappa shape index (κ3) is 4.30. The topological polar surface area (TPSA) is 30.5 Å². The zero-order valence-electron chi connectivity index (χ0n) is 12.9. The maximum atomic E-state index is 5.89. The van der Waals surface area contributed by atoms with Crippen LogP contribution in [0.15, 0.2) is 18.2 Å². The Kier molecular flexibility index (Phi) is 6.02. The Hall–Kier alpha value is -0.900. The summed E-state index contributed by atoms with van der Waals surface area (Å²) >= 11 is 0. The average molecular weight is 277 g/mol. The molecule has 3 nitrogen and oxygen atoms in total. The lowest BCUT2D eigenvalue weighted by atomic mass is 9.99. The minimum absolute atomic E-state index is 0.249. The van der Waals surface area contributed by atoms with Crippen LogP contribution in [0.25, 0.3) is 0 Å². The SMILES string of the molecule is CNC(COCC1CCCCO1)c1cc(C)ccc1C. The monoisotopic (exact) mass is 277 g/mol. The van der Waals surface area contributed by atoms with Crippen molar-refractivity contribution < 1.29 is 9.47 Å². The molecule has 1 heterocycles. The molecule has 0 aromatic heterocycles. The molecule has 0 spiro atoms. The molecule has 2 atom stereocenters. The number of ether oxygens (including phenoxy) is 2. The molecular weight excluding hydrogens is 250 g/mol. The second-order valence-electron chi connectivity index (χ2n) is 5.73. The Morgan fingerprint density at radius 3 is 2.90 bits per heavy atom. The molecule has 1 N–H and O–H groups in total. The number of rotatable bonds is 6. The van der Waals surface area contributed by atoms with E-state index in [1.807, 2.05) is 7.05 Å². The summed E-state index contributed by atoms with van der Waals surface area (Å²) in [5.41, 5.74) is 3.94. The molecule has 20 heavy (non-hydrogen) atoms. The van der Waals surface area contributed by atoms with Crippen LogP contribution in [-0.4, -0.2) is 33.0 Å². The summed E-state index contributed by atoms with van der Waals surface area (Å²) in [6.07, 6.45) is 3.88. The van der Waals surface area contributed by atoms with E-state index in [0.717, 1.165) is 13.0 Å². The van der Waals surface area contributed by atoms with Crippen molar-refractivity contribution in [1.82, 2.24) is 5.32 Å². The second-order valence-corrected chi connectivity index (χ2v) is 5.73. The maximum Gasteiger partial charge on any atom is 0.0808 e. The molecule has 1 aromatic carbocycles. The number of likely N-dealkylation sites (N-methyl/N-ethyl adjacent to an activating group) is 1. The van der Waals surface area contributed by atoms with E-state index in [1.54, 1.807) is 0 Å². The van der Waals surface area contributed by atoms with Crippen LogP contribution in [0.3, 0.4) is 0 Å². The Morgan fingerprint density at radius 2 is 2.20 bits per heavy atom. The van der Waals surface area contributed by atoms with Gasteiger partial charge in [-0.3, -0.25) is 0 Å². The van der Waals surface area contributed by atoms with Crippen LogP contribution in [0.2, 0.25) is 0 Å². The van der Waals surface area contributed by atoms with Gasteiger partial charge in [0.15, 0.2) is 0 Å². The predicted molar refractivity (Wildman–Crippen MR) is 82.1 cm³/mol. The predicted octanol–water partition coefficient (Wildman–Crippen LogP) is 3.15. The van der Waals surface area contributed by atoms with Crippen LogP contribution in [0, 0.1) is 13.8 Å². The molecule has 2 unspecified atom stereocenters. The number of hydrogen-bond donors (Lipinski definition) is 1. The van der Waals surface area contributed by atoms with Gasteiger partial charge in [0, 0.05) is 6.61 Å². The molecule has 0 radical (unpaired) electrons. The van der Waals surface area contributed by atoms with E-state index in [0.29, 0.717) is 19.3 Å². The van der Waals surface area contributed by atoms with Gasteiger partial charge in [0.25, 0.3) is 0 Å². The summed E-state index contributed by atoms with van der Waals surface area (Å²) in [6, 6.07) is 6.83. The van der Waals surface area contributed by atoms with Crippen LogP contribution in [-0.2, 0) is 9.47 Å². The van der Waals surface area contributed by atoms with Crippen molar-refractivity contribution in [2.75, 3.05) is 26.9 Å². The number of aryl methyl sites for hydroxylation is 2. The number of nitrogens with one attached hydrogen (secondary N) is 1. The zero-order chi connectivity index (χ0) is 14.4. The summed E-state index contributed by atoms with van der Waals surface area (Å²) in [4.78, 5) is 0. The standard InChI is InChI=1S/C17H27NO2/c1-13-7-8-14(2)16(10-13)17(18-3)12-19-11-15-6-4-5-9-20-15/h7-8,10,15,17-18H,4-6,9,11-12H2,1-3H3. The first kappa shape index (κ1) is 15.5. The van der Waals surface area contributed by atoms with Crippen molar-refractivity contribution in [3.05, 3.63) is 34.9 Å². The van der Waals surface area contributed by atoms with Gasteiger partial charge < -0.3 is 14.8 Å². The maximum absolute atomic E-state index is 5.89. The third-order valence-electron chi connectivity index (χ3n) is 4.02. The van der Waals surface area contributed by atoms with Gasteiger partial charge in [-0.05, 0) is 51.3 Å². The van der Waals surface area contributed by atoms with E-state index in [1.165, 1.54) is 29.5 Å². The van der Waals surface area contributed by atoms with Crippen LogP contribution in [0.1, 0.15) is 42.0 Å².